The van der Waals surface area contributed by atoms with E-state index < -0.39 is 11.7 Å². The first-order valence-corrected chi connectivity index (χ1v) is 11.1. The number of amides is 1. The highest BCUT2D eigenvalue weighted by Crippen LogP contribution is 2.30. The van der Waals surface area contributed by atoms with Crippen LogP contribution in [0.15, 0.2) is 42.5 Å². The van der Waals surface area contributed by atoms with E-state index in [1.54, 1.807) is 0 Å². The topological polar surface area (TPSA) is 45.7 Å². The van der Waals surface area contributed by atoms with Gasteiger partial charge in [-0.05, 0) is 42.7 Å². The monoisotopic (exact) mass is 447 g/mol. The van der Waals surface area contributed by atoms with Gasteiger partial charge in [-0.25, -0.2) is 0 Å². The molecule has 0 spiro atoms. The highest BCUT2D eigenvalue weighted by molar-refractivity contribution is 5.78. The van der Waals surface area contributed by atoms with Gasteiger partial charge in [0.15, 0.2) is 0 Å². The van der Waals surface area contributed by atoms with Gasteiger partial charge in [0.05, 0.1) is 25.3 Å². The molecule has 2 fully saturated rings. The molecule has 1 amide bonds. The van der Waals surface area contributed by atoms with Crippen LogP contribution in [0.1, 0.15) is 41.3 Å². The van der Waals surface area contributed by atoms with Crippen molar-refractivity contribution in [1.82, 2.24) is 14.8 Å². The molecule has 0 aliphatic carbocycles. The van der Waals surface area contributed by atoms with Gasteiger partial charge in [0.1, 0.15) is 0 Å². The predicted octanol–water partition coefficient (Wildman–Crippen LogP) is 3.73. The summed E-state index contributed by atoms with van der Waals surface area (Å²) in [6, 6.07) is 11.0. The fourth-order valence-electron chi connectivity index (χ4n) is 4.34. The van der Waals surface area contributed by atoms with E-state index in [4.69, 9.17) is 9.72 Å². The van der Waals surface area contributed by atoms with Gasteiger partial charge < -0.3 is 9.64 Å². The highest BCUT2D eigenvalue weighted by Gasteiger charge is 2.30. The molecule has 2 aliphatic rings. The van der Waals surface area contributed by atoms with Crippen LogP contribution in [0.3, 0.4) is 0 Å². The quantitative estimate of drug-likeness (QED) is 0.701. The lowest BCUT2D eigenvalue weighted by Gasteiger charge is -2.35. The van der Waals surface area contributed by atoms with Crippen LogP contribution in [0.4, 0.5) is 13.2 Å². The average Bonchev–Trinajstić information content (AvgIpc) is 2.80. The van der Waals surface area contributed by atoms with Crippen molar-refractivity contribution in [2.45, 2.75) is 31.4 Å². The second kappa shape index (κ2) is 10.0. The summed E-state index contributed by atoms with van der Waals surface area (Å²) in [4.78, 5) is 21.7. The van der Waals surface area contributed by atoms with Gasteiger partial charge >= 0.3 is 6.18 Å². The molecule has 2 aliphatic heterocycles. The Morgan fingerprint density at radius 1 is 1.06 bits per heavy atom. The minimum Gasteiger partial charge on any atom is -0.379 e. The van der Waals surface area contributed by atoms with Crippen LogP contribution in [-0.4, -0.2) is 66.6 Å². The van der Waals surface area contributed by atoms with E-state index in [1.165, 1.54) is 12.1 Å². The molecule has 5 nitrogen and oxygen atoms in total. The summed E-state index contributed by atoms with van der Waals surface area (Å²) >= 11 is 0. The van der Waals surface area contributed by atoms with E-state index in [9.17, 15) is 18.0 Å². The molecule has 1 aromatic heterocycles. The van der Waals surface area contributed by atoms with Crippen LogP contribution in [0.25, 0.3) is 0 Å². The number of carbonyl (C=O) groups excluding carboxylic acids is 1. The number of pyridine rings is 1. The lowest BCUT2D eigenvalue weighted by molar-refractivity contribution is -0.137. The minimum atomic E-state index is -4.33. The van der Waals surface area contributed by atoms with Gasteiger partial charge in [-0.1, -0.05) is 18.2 Å². The molecule has 0 N–H and O–H groups in total. The van der Waals surface area contributed by atoms with Gasteiger partial charge in [0.2, 0.25) is 5.91 Å². The van der Waals surface area contributed by atoms with Crippen LogP contribution >= 0.6 is 0 Å². The molecule has 172 valence electrons. The van der Waals surface area contributed by atoms with Crippen molar-refractivity contribution in [2.24, 2.45) is 0 Å². The SMILES string of the molecule is O=C(CN1CCOCC1)N1CCC[C@@H](c2cccc(Cc3ccc(C(F)(F)F)cc3)n2)C1. The summed E-state index contributed by atoms with van der Waals surface area (Å²) in [5, 5.41) is 0. The Balaban J connectivity index is 1.38. The third-order valence-electron chi connectivity index (χ3n) is 6.15. The van der Waals surface area contributed by atoms with E-state index in [0.717, 1.165) is 61.6 Å². The number of rotatable bonds is 5. The summed E-state index contributed by atoms with van der Waals surface area (Å²) < 4.78 is 43.7. The molecule has 4 rings (SSSR count). The molecule has 8 heteroatoms. The molecular weight excluding hydrogens is 419 g/mol. The van der Waals surface area contributed by atoms with Gasteiger partial charge in [-0.15, -0.1) is 0 Å². The van der Waals surface area contributed by atoms with Crippen molar-refractivity contribution in [2.75, 3.05) is 45.9 Å². The van der Waals surface area contributed by atoms with Gasteiger partial charge in [-0.3, -0.25) is 14.7 Å². The maximum Gasteiger partial charge on any atom is 0.416 e. The number of morpholine rings is 1. The first kappa shape index (κ1) is 22.7. The molecule has 1 aromatic carbocycles. The Hall–Kier alpha value is -2.45. The highest BCUT2D eigenvalue weighted by atomic mass is 19.4. The molecular formula is C24H28F3N3O2. The third-order valence-corrected chi connectivity index (χ3v) is 6.15. The third kappa shape index (κ3) is 5.86. The van der Waals surface area contributed by atoms with Crippen molar-refractivity contribution in [3.05, 3.63) is 65.0 Å². The molecule has 0 unspecified atom stereocenters. The number of halogens is 3. The zero-order valence-corrected chi connectivity index (χ0v) is 18.0. The van der Waals surface area contributed by atoms with Gasteiger partial charge in [0.25, 0.3) is 0 Å². The fraction of sp³-hybridized carbons (Fsp3) is 0.500. The molecule has 1 atom stereocenters. The van der Waals surface area contributed by atoms with Crippen molar-refractivity contribution >= 4 is 5.91 Å². The minimum absolute atomic E-state index is 0.150. The molecule has 2 saturated heterocycles. The summed E-state index contributed by atoms with van der Waals surface area (Å²) in [5.74, 6) is 0.322. The standard InChI is InChI=1S/C24H28F3N3O2/c25-24(26,27)20-8-6-18(7-9-20)15-21-4-1-5-22(28-21)19-3-2-10-30(16-19)23(31)17-29-11-13-32-14-12-29/h1,4-9,19H,2-3,10-17H2/t19-/m1/s1. The Labute approximate surface area is 186 Å². The van der Waals surface area contributed by atoms with E-state index in [2.05, 4.69) is 4.90 Å². The second-order valence-electron chi connectivity index (χ2n) is 8.49. The predicted molar refractivity (Wildman–Crippen MR) is 114 cm³/mol. The first-order valence-electron chi connectivity index (χ1n) is 11.1. The Bertz CT molecular complexity index is 911. The van der Waals surface area contributed by atoms with Crippen molar-refractivity contribution < 1.29 is 22.7 Å². The molecule has 2 aromatic rings. The van der Waals surface area contributed by atoms with Crippen LogP contribution < -0.4 is 0 Å². The number of carbonyl (C=O) groups is 1. The number of nitrogens with zero attached hydrogens (tertiary/aromatic N) is 3. The van der Waals surface area contributed by atoms with Crippen molar-refractivity contribution in [3.8, 4) is 0 Å². The van der Waals surface area contributed by atoms with Crippen molar-refractivity contribution in [3.63, 3.8) is 0 Å². The molecule has 32 heavy (non-hydrogen) atoms. The molecule has 0 radical (unpaired) electrons. The first-order chi connectivity index (χ1) is 15.4. The zero-order valence-electron chi connectivity index (χ0n) is 18.0. The molecule has 3 heterocycles. The van der Waals surface area contributed by atoms with Crippen LogP contribution in [0, 0.1) is 0 Å². The summed E-state index contributed by atoms with van der Waals surface area (Å²) in [5.41, 5.74) is 1.90. The normalized spacial score (nSPS) is 20.3. The lowest BCUT2D eigenvalue weighted by atomic mass is 9.93. The maximum absolute atomic E-state index is 12.8. The van der Waals surface area contributed by atoms with E-state index in [0.29, 0.717) is 32.7 Å². The van der Waals surface area contributed by atoms with Crippen molar-refractivity contribution in [1.29, 1.82) is 0 Å². The summed E-state index contributed by atoms with van der Waals surface area (Å²) in [6.07, 6.45) is -1.95. The maximum atomic E-state index is 12.8. The Morgan fingerprint density at radius 3 is 2.53 bits per heavy atom. The number of hydrogen-bond donors (Lipinski definition) is 0. The number of hydrogen-bond acceptors (Lipinski definition) is 4. The fourth-order valence-corrected chi connectivity index (χ4v) is 4.34. The van der Waals surface area contributed by atoms with E-state index >= 15 is 0 Å². The average molecular weight is 448 g/mol. The number of aromatic nitrogens is 1. The smallest absolute Gasteiger partial charge is 0.379 e. The molecule has 0 saturated carbocycles. The van der Waals surface area contributed by atoms with Gasteiger partial charge in [0, 0.05) is 49.9 Å². The lowest BCUT2D eigenvalue weighted by Crippen LogP contribution is -2.47. The summed E-state index contributed by atoms with van der Waals surface area (Å²) in [6.45, 7) is 4.77. The number of alkyl halides is 3. The second-order valence-corrected chi connectivity index (χ2v) is 8.49. The van der Waals surface area contributed by atoms with E-state index in [1.807, 2.05) is 23.1 Å². The number of likely N-dealkylation sites (tertiary alicyclic amines) is 1. The van der Waals surface area contributed by atoms with Gasteiger partial charge in [-0.2, -0.15) is 13.2 Å². The largest absolute Gasteiger partial charge is 0.416 e. The number of ether oxygens (including phenoxy) is 1. The Morgan fingerprint density at radius 2 is 1.81 bits per heavy atom. The zero-order chi connectivity index (χ0) is 22.6. The van der Waals surface area contributed by atoms with Crippen LogP contribution in [0.5, 0.6) is 0 Å². The van der Waals surface area contributed by atoms with Crippen LogP contribution in [-0.2, 0) is 22.1 Å². The number of piperidine rings is 1. The Kier molecular flexibility index (Phi) is 7.10. The van der Waals surface area contributed by atoms with E-state index in [-0.39, 0.29) is 11.8 Å². The molecule has 0 bridgehead atoms. The summed E-state index contributed by atoms with van der Waals surface area (Å²) in [7, 11) is 0. The van der Waals surface area contributed by atoms with Crippen LogP contribution in [0.2, 0.25) is 0 Å². The number of benzene rings is 1.